The average molecular weight is 258 g/mol. The summed E-state index contributed by atoms with van der Waals surface area (Å²) >= 11 is 0. The Morgan fingerprint density at radius 1 is 1.26 bits per heavy atom. The molecule has 0 fully saturated rings. The van der Waals surface area contributed by atoms with Crippen LogP contribution in [0.25, 0.3) is 10.8 Å². The minimum atomic E-state index is -0.528. The SMILES string of the molecule is C=CC(=O)OCOc1ccc2ccccc2c1OC. The number of ether oxygens (including phenoxy) is 3. The van der Waals surface area contributed by atoms with Crippen molar-refractivity contribution in [1.82, 2.24) is 0 Å². The van der Waals surface area contributed by atoms with E-state index in [1.165, 1.54) is 0 Å². The fourth-order valence-electron chi connectivity index (χ4n) is 1.76. The Bertz CT molecular complexity index is 604. The van der Waals surface area contributed by atoms with Gasteiger partial charge in [-0.15, -0.1) is 0 Å². The predicted molar refractivity (Wildman–Crippen MR) is 72.3 cm³/mol. The van der Waals surface area contributed by atoms with Crippen LogP contribution in [0.15, 0.2) is 49.1 Å². The largest absolute Gasteiger partial charge is 0.492 e. The molecular formula is C15H14O4. The van der Waals surface area contributed by atoms with E-state index in [1.54, 1.807) is 13.2 Å². The van der Waals surface area contributed by atoms with Crippen molar-refractivity contribution in [2.45, 2.75) is 0 Å². The van der Waals surface area contributed by atoms with Gasteiger partial charge in [0.25, 0.3) is 0 Å². The fraction of sp³-hybridized carbons (Fsp3) is 0.133. The van der Waals surface area contributed by atoms with Gasteiger partial charge in [-0.25, -0.2) is 4.79 Å². The summed E-state index contributed by atoms with van der Waals surface area (Å²) in [5, 5.41) is 1.99. The second kappa shape index (κ2) is 5.91. The van der Waals surface area contributed by atoms with Crippen molar-refractivity contribution in [3.63, 3.8) is 0 Å². The maximum atomic E-state index is 10.9. The lowest BCUT2D eigenvalue weighted by molar-refractivity contribution is -0.144. The first-order chi connectivity index (χ1) is 9.26. The molecule has 0 aromatic heterocycles. The number of rotatable bonds is 5. The number of benzene rings is 2. The summed E-state index contributed by atoms with van der Waals surface area (Å²) in [4.78, 5) is 10.9. The molecule has 0 saturated heterocycles. The molecule has 0 aliphatic carbocycles. The maximum Gasteiger partial charge on any atom is 0.333 e. The molecule has 2 rings (SSSR count). The minimum absolute atomic E-state index is 0.181. The van der Waals surface area contributed by atoms with Gasteiger partial charge in [0.15, 0.2) is 11.5 Å². The lowest BCUT2D eigenvalue weighted by Gasteiger charge is -2.12. The molecule has 4 nitrogen and oxygen atoms in total. The van der Waals surface area contributed by atoms with Gasteiger partial charge in [-0.2, -0.15) is 0 Å². The van der Waals surface area contributed by atoms with Crippen molar-refractivity contribution in [3.8, 4) is 11.5 Å². The van der Waals surface area contributed by atoms with Gasteiger partial charge in [0.05, 0.1) is 7.11 Å². The van der Waals surface area contributed by atoms with E-state index in [-0.39, 0.29) is 6.79 Å². The molecule has 2 aromatic carbocycles. The van der Waals surface area contributed by atoms with E-state index in [4.69, 9.17) is 14.2 Å². The first-order valence-electron chi connectivity index (χ1n) is 5.74. The normalized spacial score (nSPS) is 9.95. The summed E-state index contributed by atoms with van der Waals surface area (Å²) < 4.78 is 15.5. The van der Waals surface area contributed by atoms with Crippen molar-refractivity contribution < 1.29 is 19.0 Å². The second-order valence-corrected chi connectivity index (χ2v) is 3.75. The molecule has 0 heterocycles. The van der Waals surface area contributed by atoms with Crippen molar-refractivity contribution >= 4 is 16.7 Å². The molecule has 0 atom stereocenters. The number of esters is 1. The summed E-state index contributed by atoms with van der Waals surface area (Å²) in [5.74, 6) is 0.616. The van der Waals surface area contributed by atoms with E-state index in [0.29, 0.717) is 11.5 Å². The topological polar surface area (TPSA) is 44.8 Å². The lowest BCUT2D eigenvalue weighted by Crippen LogP contribution is -2.08. The lowest BCUT2D eigenvalue weighted by atomic mass is 10.1. The van der Waals surface area contributed by atoms with Gasteiger partial charge >= 0.3 is 5.97 Å². The molecule has 0 amide bonds. The Hall–Kier alpha value is -2.49. The van der Waals surface area contributed by atoms with Crippen LogP contribution in [0.1, 0.15) is 0 Å². The highest BCUT2D eigenvalue weighted by Gasteiger charge is 2.09. The quantitative estimate of drug-likeness (QED) is 0.470. The van der Waals surface area contributed by atoms with Gasteiger partial charge in [0.1, 0.15) is 0 Å². The molecule has 0 unspecified atom stereocenters. The third kappa shape index (κ3) is 2.85. The Morgan fingerprint density at radius 3 is 2.79 bits per heavy atom. The van der Waals surface area contributed by atoms with Crippen molar-refractivity contribution in [1.29, 1.82) is 0 Å². The zero-order chi connectivity index (χ0) is 13.7. The number of fused-ring (bicyclic) bond motifs is 1. The van der Waals surface area contributed by atoms with Crippen LogP contribution in [0, 0.1) is 0 Å². The molecule has 0 aliphatic heterocycles. The van der Waals surface area contributed by atoms with Crippen LogP contribution in [0.5, 0.6) is 11.5 Å². The first kappa shape index (κ1) is 13.0. The number of carbonyl (C=O) groups excluding carboxylic acids is 1. The Labute approximate surface area is 111 Å². The van der Waals surface area contributed by atoms with E-state index in [9.17, 15) is 4.79 Å². The van der Waals surface area contributed by atoms with E-state index in [1.807, 2.05) is 30.3 Å². The molecule has 2 aromatic rings. The van der Waals surface area contributed by atoms with Gasteiger partial charge < -0.3 is 14.2 Å². The van der Waals surface area contributed by atoms with E-state index in [2.05, 4.69) is 6.58 Å². The van der Waals surface area contributed by atoms with E-state index < -0.39 is 5.97 Å². The molecule has 0 bridgehead atoms. The minimum Gasteiger partial charge on any atom is -0.492 e. The van der Waals surface area contributed by atoms with Gasteiger partial charge in [-0.05, 0) is 11.5 Å². The average Bonchev–Trinajstić information content (AvgIpc) is 2.46. The van der Waals surface area contributed by atoms with Crippen LogP contribution < -0.4 is 9.47 Å². The van der Waals surface area contributed by atoms with Crippen molar-refractivity contribution in [2.75, 3.05) is 13.9 Å². The highest BCUT2D eigenvalue weighted by molar-refractivity contribution is 5.90. The molecule has 0 radical (unpaired) electrons. The standard InChI is InChI=1S/C15H14O4/c1-3-14(16)19-10-18-13-9-8-11-6-4-5-7-12(11)15(13)17-2/h3-9H,1,10H2,2H3. The van der Waals surface area contributed by atoms with Gasteiger partial charge in [-0.1, -0.05) is 36.9 Å². The summed E-state index contributed by atoms with van der Waals surface area (Å²) in [6.45, 7) is 3.13. The number of hydrogen-bond acceptors (Lipinski definition) is 4. The Kier molecular flexibility index (Phi) is 4.03. The molecule has 4 heteroatoms. The third-order valence-electron chi connectivity index (χ3n) is 2.63. The Balaban J connectivity index is 2.23. The number of methoxy groups -OCH3 is 1. The first-order valence-corrected chi connectivity index (χ1v) is 5.74. The second-order valence-electron chi connectivity index (χ2n) is 3.75. The van der Waals surface area contributed by atoms with Crippen LogP contribution in [-0.4, -0.2) is 19.9 Å². The zero-order valence-corrected chi connectivity index (χ0v) is 10.6. The summed E-state index contributed by atoms with van der Waals surface area (Å²) in [6, 6.07) is 11.5. The molecule has 0 aliphatic rings. The molecule has 19 heavy (non-hydrogen) atoms. The van der Waals surface area contributed by atoms with Crippen molar-refractivity contribution in [3.05, 3.63) is 49.1 Å². The summed E-state index contributed by atoms with van der Waals surface area (Å²) in [6.07, 6.45) is 1.08. The van der Waals surface area contributed by atoms with E-state index >= 15 is 0 Å². The molecule has 0 saturated carbocycles. The van der Waals surface area contributed by atoms with Gasteiger partial charge in [0.2, 0.25) is 6.79 Å². The zero-order valence-electron chi connectivity index (χ0n) is 10.6. The number of hydrogen-bond donors (Lipinski definition) is 0. The third-order valence-corrected chi connectivity index (χ3v) is 2.63. The fourth-order valence-corrected chi connectivity index (χ4v) is 1.76. The van der Waals surface area contributed by atoms with Crippen LogP contribution in [0.3, 0.4) is 0 Å². The highest BCUT2D eigenvalue weighted by Crippen LogP contribution is 2.35. The smallest absolute Gasteiger partial charge is 0.333 e. The monoisotopic (exact) mass is 258 g/mol. The van der Waals surface area contributed by atoms with Crippen LogP contribution in [-0.2, 0) is 9.53 Å². The van der Waals surface area contributed by atoms with Gasteiger partial charge in [-0.3, -0.25) is 0 Å². The van der Waals surface area contributed by atoms with Crippen molar-refractivity contribution in [2.24, 2.45) is 0 Å². The van der Waals surface area contributed by atoms with Crippen LogP contribution in [0.4, 0.5) is 0 Å². The number of carbonyl (C=O) groups is 1. The summed E-state index contributed by atoms with van der Waals surface area (Å²) in [5.41, 5.74) is 0. The Morgan fingerprint density at radius 2 is 2.05 bits per heavy atom. The van der Waals surface area contributed by atoms with Crippen LogP contribution in [0.2, 0.25) is 0 Å². The van der Waals surface area contributed by atoms with Crippen LogP contribution >= 0.6 is 0 Å². The predicted octanol–water partition coefficient (Wildman–Crippen LogP) is 2.91. The van der Waals surface area contributed by atoms with Gasteiger partial charge in [0, 0.05) is 11.5 Å². The molecular weight excluding hydrogens is 244 g/mol. The van der Waals surface area contributed by atoms with E-state index in [0.717, 1.165) is 16.8 Å². The maximum absolute atomic E-state index is 10.9. The molecule has 0 spiro atoms. The molecule has 0 N–H and O–H groups in total. The molecule has 98 valence electrons. The summed E-state index contributed by atoms with van der Waals surface area (Å²) in [7, 11) is 1.57. The highest BCUT2D eigenvalue weighted by atomic mass is 16.7.